The molecule has 0 bridgehead atoms. The second-order valence-electron chi connectivity index (χ2n) is 10.2. The highest BCUT2D eigenvalue weighted by molar-refractivity contribution is 5.89. The molecule has 10 atom stereocenters. The number of aromatic hydroxyl groups is 3. The van der Waals surface area contributed by atoms with Crippen molar-refractivity contribution in [1.29, 1.82) is 0 Å². The highest BCUT2D eigenvalue weighted by Gasteiger charge is 2.48. The third-order valence-corrected chi connectivity index (χ3v) is 7.42. The predicted molar refractivity (Wildman–Crippen MR) is 138 cm³/mol. The SMILES string of the molecule is O=c1cc(-c2ccc(O)cc2)oc2c([C@@H]3O[C@H](CO[C@@H]4O[C@H](CO)[C@@H](O)[C@H](O)[C@H]4O)[C@@H](O)[C@H](O)[C@@H]3O)c(O)cc(O)c12. The molecule has 1 aromatic heterocycles. The van der Waals surface area contributed by atoms with Crippen LogP contribution in [-0.2, 0) is 14.2 Å². The molecule has 3 aromatic rings. The second kappa shape index (κ2) is 11.7. The fourth-order valence-corrected chi connectivity index (χ4v) is 5.09. The average molecular weight is 595 g/mol. The number of fused-ring (bicyclic) bond motifs is 1. The first kappa shape index (κ1) is 30.1. The zero-order valence-corrected chi connectivity index (χ0v) is 21.7. The summed E-state index contributed by atoms with van der Waals surface area (Å²) in [6.07, 6.45) is -16.8. The Morgan fingerprint density at radius 2 is 1.38 bits per heavy atom. The van der Waals surface area contributed by atoms with E-state index in [1.54, 1.807) is 0 Å². The van der Waals surface area contributed by atoms with Gasteiger partial charge in [-0.2, -0.15) is 0 Å². The molecule has 5 rings (SSSR count). The normalized spacial score (nSPS) is 33.6. The van der Waals surface area contributed by atoms with Crippen molar-refractivity contribution in [2.24, 2.45) is 0 Å². The number of aliphatic hydroxyl groups is 7. The van der Waals surface area contributed by atoms with Gasteiger partial charge in [-0.05, 0) is 24.3 Å². The van der Waals surface area contributed by atoms with E-state index in [0.717, 1.165) is 12.1 Å². The first-order valence-corrected chi connectivity index (χ1v) is 12.9. The standard InChI is InChI=1S/C27H30O15/c28-7-15-19(33)22(36)24(38)27(42-15)39-8-16-20(34)21(35)23(37)26(41-16)18-12(31)5-11(30)17-13(32)6-14(40-25(17)18)9-1-3-10(29)4-2-9/h1-6,15-16,19-24,26-31,33-38H,7-8H2/t15-,16-,19-,20-,21+,22+,23+,24-,26+,27-/m1/s1. The Morgan fingerprint density at radius 3 is 2.05 bits per heavy atom. The lowest BCUT2D eigenvalue weighted by atomic mass is 9.89. The van der Waals surface area contributed by atoms with E-state index >= 15 is 0 Å². The Balaban J connectivity index is 1.50. The number of rotatable bonds is 6. The monoisotopic (exact) mass is 594 g/mol. The topological polar surface area (TPSA) is 260 Å². The highest BCUT2D eigenvalue weighted by atomic mass is 16.7. The maximum absolute atomic E-state index is 13.0. The zero-order valence-electron chi connectivity index (χ0n) is 21.7. The molecule has 0 spiro atoms. The summed E-state index contributed by atoms with van der Waals surface area (Å²) < 4.78 is 22.4. The molecule has 3 heterocycles. The first-order valence-electron chi connectivity index (χ1n) is 12.9. The molecule has 2 aromatic carbocycles. The van der Waals surface area contributed by atoms with Crippen molar-refractivity contribution in [3.63, 3.8) is 0 Å². The third kappa shape index (κ3) is 5.31. The van der Waals surface area contributed by atoms with Gasteiger partial charge >= 0.3 is 0 Å². The van der Waals surface area contributed by atoms with Gasteiger partial charge in [0.1, 0.15) is 83.3 Å². The summed E-state index contributed by atoms with van der Waals surface area (Å²) in [6.45, 7) is -1.35. The summed E-state index contributed by atoms with van der Waals surface area (Å²) in [7, 11) is 0. The Kier molecular flexibility index (Phi) is 8.41. The molecule has 15 nitrogen and oxygen atoms in total. The molecule has 10 N–H and O–H groups in total. The Bertz CT molecular complexity index is 1470. The van der Waals surface area contributed by atoms with Gasteiger partial charge in [-0.3, -0.25) is 4.79 Å². The molecule has 2 fully saturated rings. The van der Waals surface area contributed by atoms with E-state index in [0.29, 0.717) is 5.56 Å². The van der Waals surface area contributed by atoms with Crippen molar-refractivity contribution in [1.82, 2.24) is 0 Å². The van der Waals surface area contributed by atoms with Gasteiger partial charge in [0.15, 0.2) is 17.3 Å². The molecule has 228 valence electrons. The van der Waals surface area contributed by atoms with Gasteiger partial charge < -0.3 is 69.7 Å². The van der Waals surface area contributed by atoms with Crippen molar-refractivity contribution in [2.45, 2.75) is 61.2 Å². The fourth-order valence-electron chi connectivity index (χ4n) is 5.09. The van der Waals surface area contributed by atoms with E-state index in [9.17, 15) is 55.9 Å². The molecular weight excluding hydrogens is 564 g/mol. The molecule has 2 aliphatic rings. The molecular formula is C27H30O15. The van der Waals surface area contributed by atoms with E-state index < -0.39 is 97.0 Å². The largest absolute Gasteiger partial charge is 0.508 e. The average Bonchev–Trinajstić information content (AvgIpc) is 2.96. The predicted octanol–water partition coefficient (Wildman–Crippen LogP) is -2.08. The van der Waals surface area contributed by atoms with Gasteiger partial charge in [0.25, 0.3) is 0 Å². The maximum atomic E-state index is 13.0. The van der Waals surface area contributed by atoms with Crippen LogP contribution in [0.2, 0.25) is 0 Å². The van der Waals surface area contributed by atoms with E-state index in [4.69, 9.17) is 18.6 Å². The summed E-state index contributed by atoms with van der Waals surface area (Å²) in [6, 6.07) is 7.46. The lowest BCUT2D eigenvalue weighted by Crippen LogP contribution is -2.60. The quantitative estimate of drug-likeness (QED) is 0.147. The summed E-state index contributed by atoms with van der Waals surface area (Å²) in [5.74, 6) is -1.42. The van der Waals surface area contributed by atoms with Gasteiger partial charge in [0.05, 0.1) is 18.8 Å². The van der Waals surface area contributed by atoms with Crippen molar-refractivity contribution < 1.29 is 69.7 Å². The Morgan fingerprint density at radius 1 is 0.738 bits per heavy atom. The van der Waals surface area contributed by atoms with Crippen LogP contribution in [0.1, 0.15) is 11.7 Å². The minimum Gasteiger partial charge on any atom is -0.508 e. The Hall–Kier alpha value is -3.35. The Labute approximate surface area is 236 Å². The molecule has 0 amide bonds. The van der Waals surface area contributed by atoms with Crippen LogP contribution in [-0.4, -0.2) is 119 Å². The maximum Gasteiger partial charge on any atom is 0.197 e. The first-order chi connectivity index (χ1) is 19.9. The molecule has 0 radical (unpaired) electrons. The summed E-state index contributed by atoms with van der Waals surface area (Å²) in [5.41, 5.74) is -1.14. The number of ether oxygens (including phenoxy) is 3. The van der Waals surface area contributed by atoms with Gasteiger partial charge in [-0.1, -0.05) is 0 Å². The smallest absolute Gasteiger partial charge is 0.197 e. The van der Waals surface area contributed by atoms with Crippen LogP contribution in [0, 0.1) is 0 Å². The van der Waals surface area contributed by atoms with Gasteiger partial charge in [0, 0.05) is 17.7 Å². The molecule has 2 aliphatic heterocycles. The van der Waals surface area contributed by atoms with Gasteiger partial charge in [-0.15, -0.1) is 0 Å². The lowest BCUT2D eigenvalue weighted by Gasteiger charge is -2.43. The molecule has 2 saturated heterocycles. The fraction of sp³-hybridized carbons (Fsp3) is 0.444. The van der Waals surface area contributed by atoms with Gasteiger partial charge in [-0.25, -0.2) is 0 Å². The second-order valence-corrected chi connectivity index (χ2v) is 10.2. The van der Waals surface area contributed by atoms with E-state index in [1.165, 1.54) is 24.3 Å². The number of hydrogen-bond acceptors (Lipinski definition) is 15. The van der Waals surface area contributed by atoms with Crippen LogP contribution in [0.5, 0.6) is 17.2 Å². The van der Waals surface area contributed by atoms with E-state index in [1.807, 2.05) is 0 Å². The van der Waals surface area contributed by atoms with Crippen LogP contribution in [0.3, 0.4) is 0 Å². The number of hydrogen-bond donors (Lipinski definition) is 10. The van der Waals surface area contributed by atoms with Crippen molar-refractivity contribution >= 4 is 11.0 Å². The number of phenolic OH excluding ortho intramolecular Hbond substituents is 3. The summed E-state index contributed by atoms with van der Waals surface area (Å²) in [4.78, 5) is 13.0. The van der Waals surface area contributed by atoms with Crippen LogP contribution < -0.4 is 5.43 Å². The number of benzene rings is 2. The summed E-state index contributed by atoms with van der Waals surface area (Å²) in [5, 5.41) is 102. The van der Waals surface area contributed by atoms with E-state index in [-0.39, 0.29) is 22.5 Å². The van der Waals surface area contributed by atoms with Crippen molar-refractivity contribution in [2.75, 3.05) is 13.2 Å². The van der Waals surface area contributed by atoms with Crippen molar-refractivity contribution in [3.8, 4) is 28.6 Å². The van der Waals surface area contributed by atoms with Crippen LogP contribution in [0.25, 0.3) is 22.3 Å². The lowest BCUT2D eigenvalue weighted by molar-refractivity contribution is -0.314. The van der Waals surface area contributed by atoms with Crippen LogP contribution in [0.4, 0.5) is 0 Å². The van der Waals surface area contributed by atoms with Gasteiger partial charge in [0.2, 0.25) is 0 Å². The minimum absolute atomic E-state index is 0.0351. The van der Waals surface area contributed by atoms with Crippen molar-refractivity contribution in [3.05, 3.63) is 52.2 Å². The summed E-state index contributed by atoms with van der Waals surface area (Å²) >= 11 is 0. The highest BCUT2D eigenvalue weighted by Crippen LogP contribution is 2.44. The number of phenols is 3. The van der Waals surface area contributed by atoms with E-state index in [2.05, 4.69) is 0 Å². The van der Waals surface area contributed by atoms with Crippen LogP contribution >= 0.6 is 0 Å². The molecule has 0 aliphatic carbocycles. The number of aliphatic hydroxyl groups excluding tert-OH is 7. The molecule has 15 heteroatoms. The zero-order chi connectivity index (χ0) is 30.5. The molecule has 0 unspecified atom stereocenters. The molecule has 0 saturated carbocycles. The minimum atomic E-state index is -1.90. The molecule has 42 heavy (non-hydrogen) atoms. The third-order valence-electron chi connectivity index (χ3n) is 7.42. The van der Waals surface area contributed by atoms with Crippen LogP contribution in [0.15, 0.2) is 45.6 Å².